The Hall–Kier alpha value is -0.900. The first kappa shape index (κ1) is 14.1. The molecule has 0 spiro atoms. The maximum absolute atomic E-state index is 6.48. The summed E-state index contributed by atoms with van der Waals surface area (Å²) in [5.74, 6) is 0. The quantitative estimate of drug-likeness (QED) is 0.911. The van der Waals surface area contributed by atoms with Gasteiger partial charge >= 0.3 is 0 Å². The lowest BCUT2D eigenvalue weighted by Crippen LogP contribution is -2.45. The van der Waals surface area contributed by atoms with Crippen molar-refractivity contribution in [2.75, 3.05) is 26.7 Å². The zero-order valence-electron chi connectivity index (χ0n) is 12.8. The highest BCUT2D eigenvalue weighted by molar-refractivity contribution is 5.36. The summed E-state index contributed by atoms with van der Waals surface area (Å²) in [6, 6.07) is 10.0. The minimum absolute atomic E-state index is 0.174. The van der Waals surface area contributed by atoms with Gasteiger partial charge in [0.05, 0.1) is 0 Å². The molecule has 3 unspecified atom stereocenters. The minimum Gasteiger partial charge on any atom is -0.323 e. The van der Waals surface area contributed by atoms with Crippen LogP contribution in [0.3, 0.4) is 0 Å². The molecule has 1 fully saturated rings. The van der Waals surface area contributed by atoms with Gasteiger partial charge in [-0.25, -0.2) is 0 Å². The van der Waals surface area contributed by atoms with Gasteiger partial charge in [0.2, 0.25) is 0 Å². The van der Waals surface area contributed by atoms with E-state index in [-0.39, 0.29) is 6.04 Å². The van der Waals surface area contributed by atoms with E-state index in [1.54, 1.807) is 0 Å². The smallest absolute Gasteiger partial charge is 0.0459 e. The topological polar surface area (TPSA) is 32.5 Å². The summed E-state index contributed by atoms with van der Waals surface area (Å²) in [5, 5.41) is 0. The third-order valence-electron chi connectivity index (χ3n) is 5.23. The highest BCUT2D eigenvalue weighted by atomic mass is 15.2. The second-order valence-corrected chi connectivity index (χ2v) is 6.36. The van der Waals surface area contributed by atoms with Crippen molar-refractivity contribution in [3.63, 3.8) is 0 Å². The maximum Gasteiger partial charge on any atom is 0.0459 e. The summed E-state index contributed by atoms with van der Waals surface area (Å²) >= 11 is 0. The lowest BCUT2D eigenvalue weighted by molar-refractivity contribution is 0.154. The number of nitrogens with two attached hydrogens (primary N) is 1. The van der Waals surface area contributed by atoms with Crippen LogP contribution in [0.4, 0.5) is 0 Å². The first-order valence-electron chi connectivity index (χ1n) is 7.98. The molecule has 1 aliphatic heterocycles. The highest BCUT2D eigenvalue weighted by Gasteiger charge is 2.34. The van der Waals surface area contributed by atoms with Crippen LogP contribution < -0.4 is 5.73 Å². The van der Waals surface area contributed by atoms with Crippen molar-refractivity contribution in [1.29, 1.82) is 0 Å². The van der Waals surface area contributed by atoms with Gasteiger partial charge in [0.25, 0.3) is 0 Å². The van der Waals surface area contributed by atoms with E-state index < -0.39 is 0 Å². The van der Waals surface area contributed by atoms with Crippen molar-refractivity contribution >= 4 is 0 Å². The van der Waals surface area contributed by atoms with E-state index in [1.165, 1.54) is 37.1 Å². The molecule has 0 amide bonds. The number of nitrogens with zero attached hydrogens (tertiary/aromatic N) is 2. The molecule has 3 heteroatoms. The van der Waals surface area contributed by atoms with E-state index in [9.17, 15) is 0 Å². The van der Waals surface area contributed by atoms with E-state index in [4.69, 9.17) is 5.73 Å². The SMILES string of the molecule is CCN1CCCC1CN(C)C1Cc2ccccc2C1N. The van der Waals surface area contributed by atoms with Gasteiger partial charge in [0, 0.05) is 24.7 Å². The van der Waals surface area contributed by atoms with Crippen molar-refractivity contribution in [3.8, 4) is 0 Å². The molecule has 3 rings (SSSR count). The van der Waals surface area contributed by atoms with Crippen LogP contribution in [0, 0.1) is 0 Å². The van der Waals surface area contributed by atoms with Gasteiger partial charge in [0.15, 0.2) is 0 Å². The average Bonchev–Trinajstić information content (AvgIpc) is 3.04. The monoisotopic (exact) mass is 273 g/mol. The van der Waals surface area contributed by atoms with Gasteiger partial charge in [-0.1, -0.05) is 31.2 Å². The van der Waals surface area contributed by atoms with Crippen molar-refractivity contribution in [2.45, 2.75) is 44.3 Å². The van der Waals surface area contributed by atoms with Gasteiger partial charge in [-0.05, 0) is 50.5 Å². The number of fused-ring (bicyclic) bond motifs is 1. The van der Waals surface area contributed by atoms with Crippen LogP contribution in [-0.2, 0) is 6.42 Å². The molecule has 3 nitrogen and oxygen atoms in total. The molecule has 1 saturated heterocycles. The van der Waals surface area contributed by atoms with E-state index in [1.807, 2.05) is 0 Å². The van der Waals surface area contributed by atoms with Crippen LogP contribution in [0.15, 0.2) is 24.3 Å². The summed E-state index contributed by atoms with van der Waals surface area (Å²) in [4.78, 5) is 5.12. The first-order chi connectivity index (χ1) is 9.70. The molecule has 1 aromatic rings. The Bertz CT molecular complexity index is 459. The second kappa shape index (κ2) is 5.84. The van der Waals surface area contributed by atoms with Crippen LogP contribution >= 0.6 is 0 Å². The summed E-state index contributed by atoms with van der Waals surface area (Å²) in [7, 11) is 2.25. The largest absolute Gasteiger partial charge is 0.323 e. The number of likely N-dealkylation sites (tertiary alicyclic amines) is 1. The molecular weight excluding hydrogens is 246 g/mol. The standard InChI is InChI=1S/C17H27N3/c1-3-20-10-6-8-14(20)12-19(2)16-11-13-7-4-5-9-15(13)17(16)18/h4-5,7,9,14,16-17H,3,6,8,10-12,18H2,1-2H3. The van der Waals surface area contributed by atoms with E-state index in [0.29, 0.717) is 6.04 Å². The minimum atomic E-state index is 0.174. The summed E-state index contributed by atoms with van der Waals surface area (Å²) in [6.07, 6.45) is 3.79. The second-order valence-electron chi connectivity index (χ2n) is 6.36. The van der Waals surface area contributed by atoms with Crippen LogP contribution in [0.1, 0.15) is 36.9 Å². The molecule has 2 aliphatic rings. The number of hydrogen-bond donors (Lipinski definition) is 1. The van der Waals surface area contributed by atoms with E-state index >= 15 is 0 Å². The Morgan fingerprint density at radius 3 is 2.90 bits per heavy atom. The summed E-state index contributed by atoms with van der Waals surface area (Å²) < 4.78 is 0. The lowest BCUT2D eigenvalue weighted by atomic mass is 10.1. The zero-order chi connectivity index (χ0) is 14.1. The van der Waals surface area contributed by atoms with Crippen molar-refractivity contribution < 1.29 is 0 Å². The summed E-state index contributed by atoms with van der Waals surface area (Å²) in [6.45, 7) is 5.87. The Morgan fingerprint density at radius 2 is 2.15 bits per heavy atom. The fraction of sp³-hybridized carbons (Fsp3) is 0.647. The summed E-state index contributed by atoms with van der Waals surface area (Å²) in [5.41, 5.74) is 9.27. The van der Waals surface area contributed by atoms with Crippen molar-refractivity contribution in [2.24, 2.45) is 5.73 Å². The molecule has 1 aromatic carbocycles. The van der Waals surface area contributed by atoms with Crippen molar-refractivity contribution in [3.05, 3.63) is 35.4 Å². The molecule has 0 aromatic heterocycles. The maximum atomic E-state index is 6.48. The normalized spacial score (nSPS) is 30.1. The predicted octanol–water partition coefficient (Wildman–Crippen LogP) is 2.03. The van der Waals surface area contributed by atoms with Crippen LogP contribution in [0.25, 0.3) is 0 Å². The number of rotatable bonds is 4. The van der Waals surface area contributed by atoms with Crippen LogP contribution in [-0.4, -0.2) is 48.6 Å². The molecule has 1 aliphatic carbocycles. The number of benzene rings is 1. The fourth-order valence-electron chi connectivity index (χ4n) is 4.02. The molecule has 20 heavy (non-hydrogen) atoms. The van der Waals surface area contributed by atoms with Gasteiger partial charge in [-0.2, -0.15) is 0 Å². The average molecular weight is 273 g/mol. The first-order valence-corrected chi connectivity index (χ1v) is 7.98. The lowest BCUT2D eigenvalue weighted by Gasteiger charge is -2.33. The Balaban J connectivity index is 1.66. The fourth-order valence-corrected chi connectivity index (χ4v) is 4.02. The molecule has 110 valence electrons. The van der Waals surface area contributed by atoms with Gasteiger partial charge < -0.3 is 5.73 Å². The van der Waals surface area contributed by atoms with Crippen LogP contribution in [0.2, 0.25) is 0 Å². The molecule has 0 saturated carbocycles. The number of hydrogen-bond acceptors (Lipinski definition) is 3. The Labute approximate surface area is 122 Å². The van der Waals surface area contributed by atoms with E-state index in [2.05, 4.69) is 48.0 Å². The highest BCUT2D eigenvalue weighted by Crippen LogP contribution is 2.32. The number of likely N-dealkylation sites (N-methyl/N-ethyl adjacent to an activating group) is 2. The molecular formula is C17H27N3. The van der Waals surface area contributed by atoms with Gasteiger partial charge in [-0.3, -0.25) is 9.80 Å². The third kappa shape index (κ3) is 2.50. The molecule has 3 atom stereocenters. The van der Waals surface area contributed by atoms with Crippen molar-refractivity contribution in [1.82, 2.24) is 9.80 Å². The molecule has 2 N–H and O–H groups in total. The van der Waals surface area contributed by atoms with E-state index in [0.717, 1.165) is 19.0 Å². The predicted molar refractivity (Wildman–Crippen MR) is 83.8 cm³/mol. The molecule has 1 heterocycles. The molecule has 0 radical (unpaired) electrons. The Kier molecular flexibility index (Phi) is 4.11. The molecule has 0 bridgehead atoms. The van der Waals surface area contributed by atoms with Gasteiger partial charge in [0.1, 0.15) is 0 Å². The van der Waals surface area contributed by atoms with Crippen LogP contribution in [0.5, 0.6) is 0 Å². The zero-order valence-corrected chi connectivity index (χ0v) is 12.8. The Morgan fingerprint density at radius 1 is 1.35 bits per heavy atom. The van der Waals surface area contributed by atoms with Gasteiger partial charge in [-0.15, -0.1) is 0 Å². The third-order valence-corrected chi connectivity index (χ3v) is 5.23.